The summed E-state index contributed by atoms with van der Waals surface area (Å²) in [7, 11) is 0. The van der Waals surface area contributed by atoms with Crippen molar-refractivity contribution in [3.05, 3.63) is 63.1 Å². The van der Waals surface area contributed by atoms with Gasteiger partial charge in [-0.3, -0.25) is 19.6 Å². The molecule has 1 atom stereocenters. The van der Waals surface area contributed by atoms with Crippen LogP contribution in [0, 0.1) is 10.1 Å². The highest BCUT2D eigenvalue weighted by Crippen LogP contribution is 2.35. The fourth-order valence-electron chi connectivity index (χ4n) is 4.39. The molecular weight excluding hydrogens is 388 g/mol. The third kappa shape index (κ3) is 3.41. The third-order valence-corrected chi connectivity index (χ3v) is 5.86. The molecule has 2 aliphatic rings. The summed E-state index contributed by atoms with van der Waals surface area (Å²) in [6.07, 6.45) is 1.56. The fourth-order valence-corrected chi connectivity index (χ4v) is 4.39. The van der Waals surface area contributed by atoms with Gasteiger partial charge in [-0.15, -0.1) is 0 Å². The molecule has 1 saturated heterocycles. The molecule has 0 saturated carbocycles. The van der Waals surface area contributed by atoms with Gasteiger partial charge >= 0.3 is 5.69 Å². The number of aromatic amines is 1. The SMILES string of the molecule is O=c1[nH]c2ccccc2n1C1CCN(CC2COc3ccc([N+](=O)[O-])cc3O2)CC1. The van der Waals surface area contributed by atoms with Crippen LogP contribution in [-0.4, -0.2) is 51.7 Å². The molecule has 0 amide bonds. The summed E-state index contributed by atoms with van der Waals surface area (Å²) in [6.45, 7) is 2.78. The minimum Gasteiger partial charge on any atom is -0.486 e. The Kier molecular flexibility index (Phi) is 4.66. The lowest BCUT2D eigenvalue weighted by Crippen LogP contribution is -2.45. The molecule has 30 heavy (non-hydrogen) atoms. The van der Waals surface area contributed by atoms with Crippen molar-refractivity contribution in [2.75, 3.05) is 26.2 Å². The number of imidazole rings is 1. The van der Waals surface area contributed by atoms with Crippen LogP contribution in [-0.2, 0) is 0 Å². The second-order valence-electron chi connectivity index (χ2n) is 7.79. The van der Waals surface area contributed by atoms with Crippen molar-refractivity contribution in [1.82, 2.24) is 14.5 Å². The molecular formula is C21H22N4O5. The number of nitrogens with zero attached hydrogens (tertiary/aromatic N) is 3. The second-order valence-corrected chi connectivity index (χ2v) is 7.79. The van der Waals surface area contributed by atoms with E-state index in [1.54, 1.807) is 6.07 Å². The maximum Gasteiger partial charge on any atom is 0.326 e. The van der Waals surface area contributed by atoms with E-state index in [1.807, 2.05) is 28.8 Å². The molecule has 3 heterocycles. The van der Waals surface area contributed by atoms with Crippen molar-refractivity contribution in [2.45, 2.75) is 25.0 Å². The number of non-ortho nitro benzene ring substituents is 1. The van der Waals surface area contributed by atoms with Crippen LogP contribution < -0.4 is 15.2 Å². The standard InChI is InChI=1S/C21H22N4O5/c26-21-22-17-3-1-2-4-18(17)24(21)14-7-9-23(10-8-14)12-16-13-29-19-6-5-15(25(27)28)11-20(19)30-16/h1-6,11,14,16H,7-10,12-13H2,(H,22,26). The highest BCUT2D eigenvalue weighted by Gasteiger charge is 2.28. The number of ether oxygens (including phenoxy) is 2. The Bertz CT molecular complexity index is 1150. The normalized spacial score (nSPS) is 19.8. The van der Waals surface area contributed by atoms with Crippen LogP contribution in [0.3, 0.4) is 0 Å². The van der Waals surface area contributed by atoms with E-state index < -0.39 is 4.92 Å². The van der Waals surface area contributed by atoms with Crippen LogP contribution in [0.25, 0.3) is 11.0 Å². The zero-order valence-corrected chi connectivity index (χ0v) is 16.3. The number of hydrogen-bond donors (Lipinski definition) is 1. The van der Waals surface area contributed by atoms with Gasteiger partial charge in [-0.25, -0.2) is 4.79 Å². The maximum atomic E-state index is 12.4. The Morgan fingerprint density at radius 2 is 1.93 bits per heavy atom. The minimum atomic E-state index is -0.440. The quantitative estimate of drug-likeness (QED) is 0.524. The summed E-state index contributed by atoms with van der Waals surface area (Å²) in [4.78, 5) is 28.2. The number of aromatic nitrogens is 2. The van der Waals surface area contributed by atoms with Gasteiger partial charge in [0.25, 0.3) is 5.69 Å². The van der Waals surface area contributed by atoms with Gasteiger partial charge in [-0.1, -0.05) is 12.1 Å². The van der Waals surface area contributed by atoms with Gasteiger partial charge < -0.3 is 14.5 Å². The Morgan fingerprint density at radius 1 is 1.13 bits per heavy atom. The monoisotopic (exact) mass is 410 g/mol. The van der Waals surface area contributed by atoms with Gasteiger partial charge in [0.2, 0.25) is 0 Å². The molecule has 156 valence electrons. The number of likely N-dealkylation sites (tertiary alicyclic amines) is 1. The molecule has 1 fully saturated rings. The van der Waals surface area contributed by atoms with Crippen molar-refractivity contribution in [3.8, 4) is 11.5 Å². The van der Waals surface area contributed by atoms with Crippen molar-refractivity contribution in [2.24, 2.45) is 0 Å². The summed E-state index contributed by atoms with van der Waals surface area (Å²) in [5.74, 6) is 0.954. The first-order valence-electron chi connectivity index (χ1n) is 10.1. The molecule has 0 aliphatic carbocycles. The van der Waals surface area contributed by atoms with Gasteiger partial charge in [-0.05, 0) is 31.0 Å². The fraction of sp³-hybridized carbons (Fsp3) is 0.381. The van der Waals surface area contributed by atoms with Crippen molar-refractivity contribution >= 4 is 16.7 Å². The summed E-state index contributed by atoms with van der Waals surface area (Å²) in [5, 5.41) is 11.0. The molecule has 0 bridgehead atoms. The maximum absolute atomic E-state index is 12.4. The van der Waals surface area contributed by atoms with Crippen LogP contribution in [0.5, 0.6) is 11.5 Å². The van der Waals surface area contributed by atoms with E-state index >= 15 is 0 Å². The molecule has 2 aromatic carbocycles. The molecule has 1 unspecified atom stereocenters. The average molecular weight is 410 g/mol. The molecule has 9 heteroatoms. The number of nitro groups is 1. The van der Waals surface area contributed by atoms with E-state index in [4.69, 9.17) is 9.47 Å². The summed E-state index contributed by atoms with van der Waals surface area (Å²) in [5.41, 5.74) is 1.74. The lowest BCUT2D eigenvalue weighted by molar-refractivity contribution is -0.385. The number of piperidine rings is 1. The largest absolute Gasteiger partial charge is 0.486 e. The van der Waals surface area contributed by atoms with Gasteiger partial charge in [0.1, 0.15) is 12.7 Å². The zero-order chi connectivity index (χ0) is 20.7. The molecule has 0 radical (unpaired) electrons. The van der Waals surface area contributed by atoms with E-state index in [9.17, 15) is 14.9 Å². The predicted octanol–water partition coefficient (Wildman–Crippen LogP) is 2.71. The highest BCUT2D eigenvalue weighted by molar-refractivity contribution is 5.75. The van der Waals surface area contributed by atoms with E-state index in [0.29, 0.717) is 24.7 Å². The number of hydrogen-bond acceptors (Lipinski definition) is 6. The first kappa shape index (κ1) is 18.7. The Balaban J connectivity index is 1.23. The second kappa shape index (κ2) is 7.49. The molecule has 0 spiro atoms. The first-order valence-corrected chi connectivity index (χ1v) is 10.1. The van der Waals surface area contributed by atoms with Crippen LogP contribution in [0.2, 0.25) is 0 Å². The van der Waals surface area contributed by atoms with E-state index in [1.165, 1.54) is 12.1 Å². The number of benzene rings is 2. The van der Waals surface area contributed by atoms with Crippen molar-refractivity contribution in [3.63, 3.8) is 0 Å². The number of fused-ring (bicyclic) bond motifs is 2. The van der Waals surface area contributed by atoms with E-state index in [-0.39, 0.29) is 23.5 Å². The van der Waals surface area contributed by atoms with Crippen LogP contribution in [0.4, 0.5) is 5.69 Å². The molecule has 5 rings (SSSR count). The molecule has 1 aromatic heterocycles. The van der Waals surface area contributed by atoms with Crippen molar-refractivity contribution in [1.29, 1.82) is 0 Å². The number of nitro benzene ring substituents is 1. The predicted molar refractivity (Wildman–Crippen MR) is 110 cm³/mol. The molecule has 3 aromatic rings. The van der Waals surface area contributed by atoms with Crippen LogP contribution in [0.15, 0.2) is 47.3 Å². The summed E-state index contributed by atoms with van der Waals surface area (Å²) < 4.78 is 13.6. The zero-order valence-electron chi connectivity index (χ0n) is 16.3. The summed E-state index contributed by atoms with van der Waals surface area (Å²) >= 11 is 0. The van der Waals surface area contributed by atoms with Gasteiger partial charge in [-0.2, -0.15) is 0 Å². The third-order valence-electron chi connectivity index (χ3n) is 5.86. The number of nitrogens with one attached hydrogen (secondary N) is 1. The number of para-hydroxylation sites is 2. The van der Waals surface area contributed by atoms with Crippen LogP contribution >= 0.6 is 0 Å². The smallest absolute Gasteiger partial charge is 0.326 e. The van der Waals surface area contributed by atoms with Crippen molar-refractivity contribution < 1.29 is 14.4 Å². The topological polar surface area (TPSA) is 103 Å². The summed E-state index contributed by atoms with van der Waals surface area (Å²) in [6, 6.07) is 12.3. The van der Waals surface area contributed by atoms with E-state index in [2.05, 4.69) is 9.88 Å². The lowest BCUT2D eigenvalue weighted by atomic mass is 10.0. The molecule has 1 N–H and O–H groups in total. The Hall–Kier alpha value is -3.33. The molecule has 9 nitrogen and oxygen atoms in total. The molecule has 2 aliphatic heterocycles. The van der Waals surface area contributed by atoms with Gasteiger partial charge in [0.15, 0.2) is 11.5 Å². The lowest BCUT2D eigenvalue weighted by Gasteiger charge is -2.35. The average Bonchev–Trinajstić information content (AvgIpc) is 3.09. The van der Waals surface area contributed by atoms with Gasteiger partial charge in [0, 0.05) is 31.7 Å². The number of rotatable bonds is 4. The van der Waals surface area contributed by atoms with Gasteiger partial charge in [0.05, 0.1) is 22.0 Å². The Labute approximate surface area is 172 Å². The Morgan fingerprint density at radius 3 is 2.73 bits per heavy atom. The minimum absolute atomic E-state index is 0.0111. The van der Waals surface area contributed by atoms with E-state index in [0.717, 1.165) is 37.0 Å². The highest BCUT2D eigenvalue weighted by atomic mass is 16.6. The van der Waals surface area contributed by atoms with Crippen LogP contribution in [0.1, 0.15) is 18.9 Å². The number of H-pyrrole nitrogens is 1. The first-order chi connectivity index (χ1) is 14.6.